The summed E-state index contributed by atoms with van der Waals surface area (Å²) in [5.74, 6) is -0.254. The van der Waals surface area contributed by atoms with Crippen molar-refractivity contribution in [1.82, 2.24) is 19.4 Å². The van der Waals surface area contributed by atoms with E-state index in [4.69, 9.17) is 4.74 Å². The standard InChI is InChI=1S/C22H25FN4O/c23-20-6-2-1-5-19(20)21-22(18-7-9-24-10-8-18)27(17-25-21)12-4-3-11-26-13-15-28-16-14-26/h1-2,5-10,17H,3-4,11-16H2. The number of benzene rings is 1. The molecule has 0 amide bonds. The predicted octanol–water partition coefficient (Wildman–Crippen LogP) is 3.86. The highest BCUT2D eigenvalue weighted by atomic mass is 19.1. The molecule has 0 bridgehead atoms. The molecule has 2 aromatic heterocycles. The van der Waals surface area contributed by atoms with Crippen LogP contribution in [0, 0.1) is 5.82 Å². The van der Waals surface area contributed by atoms with Crippen LogP contribution in [0.25, 0.3) is 22.5 Å². The SMILES string of the molecule is Fc1ccccc1-c1ncn(CCCCN2CCOCC2)c1-c1ccncc1. The van der Waals surface area contributed by atoms with Crippen LogP contribution in [0.3, 0.4) is 0 Å². The van der Waals surface area contributed by atoms with Gasteiger partial charge in [-0.1, -0.05) is 12.1 Å². The third-order valence-electron chi connectivity index (χ3n) is 5.15. The van der Waals surface area contributed by atoms with Gasteiger partial charge < -0.3 is 9.30 Å². The summed E-state index contributed by atoms with van der Waals surface area (Å²) in [5, 5.41) is 0. The van der Waals surface area contributed by atoms with Crippen LogP contribution in [0.2, 0.25) is 0 Å². The Hall–Kier alpha value is -2.57. The molecular weight excluding hydrogens is 355 g/mol. The van der Waals surface area contributed by atoms with E-state index in [2.05, 4.69) is 19.4 Å². The van der Waals surface area contributed by atoms with Crippen molar-refractivity contribution in [3.05, 3.63) is 60.9 Å². The molecule has 0 radical (unpaired) electrons. The molecule has 3 heterocycles. The topological polar surface area (TPSA) is 43.2 Å². The van der Waals surface area contributed by atoms with Gasteiger partial charge in [0.2, 0.25) is 0 Å². The summed E-state index contributed by atoms with van der Waals surface area (Å²) in [6, 6.07) is 10.7. The molecule has 5 nitrogen and oxygen atoms in total. The first-order chi connectivity index (χ1) is 13.8. The Bertz CT molecular complexity index is 891. The minimum atomic E-state index is -0.254. The number of rotatable bonds is 7. The van der Waals surface area contributed by atoms with Crippen molar-refractivity contribution in [2.45, 2.75) is 19.4 Å². The fraction of sp³-hybridized carbons (Fsp3) is 0.364. The maximum absolute atomic E-state index is 14.4. The average molecular weight is 380 g/mol. The summed E-state index contributed by atoms with van der Waals surface area (Å²) in [7, 11) is 0. The van der Waals surface area contributed by atoms with E-state index in [1.165, 1.54) is 6.07 Å². The Kier molecular flexibility index (Phi) is 6.09. The first kappa shape index (κ1) is 18.8. The van der Waals surface area contributed by atoms with Gasteiger partial charge >= 0.3 is 0 Å². The highest BCUT2D eigenvalue weighted by Gasteiger charge is 2.17. The highest BCUT2D eigenvalue weighted by Crippen LogP contribution is 2.32. The molecule has 1 aliphatic heterocycles. The number of ether oxygens (including phenoxy) is 1. The summed E-state index contributed by atoms with van der Waals surface area (Å²) in [6.07, 6.45) is 7.50. The number of hydrogen-bond acceptors (Lipinski definition) is 4. The molecule has 1 saturated heterocycles. The molecule has 146 valence electrons. The number of unbranched alkanes of at least 4 members (excludes halogenated alkanes) is 1. The zero-order valence-corrected chi connectivity index (χ0v) is 15.9. The molecule has 1 fully saturated rings. The van der Waals surface area contributed by atoms with Gasteiger partial charge in [0, 0.05) is 43.2 Å². The quantitative estimate of drug-likeness (QED) is 0.584. The lowest BCUT2D eigenvalue weighted by molar-refractivity contribution is 0.0371. The van der Waals surface area contributed by atoms with Crippen LogP contribution in [0.15, 0.2) is 55.1 Å². The predicted molar refractivity (Wildman–Crippen MR) is 107 cm³/mol. The van der Waals surface area contributed by atoms with Crippen molar-refractivity contribution >= 4 is 0 Å². The lowest BCUT2D eigenvalue weighted by atomic mass is 10.0. The second-order valence-corrected chi connectivity index (χ2v) is 7.01. The Balaban J connectivity index is 1.53. The van der Waals surface area contributed by atoms with Gasteiger partial charge in [-0.2, -0.15) is 0 Å². The van der Waals surface area contributed by atoms with E-state index in [-0.39, 0.29) is 5.82 Å². The number of hydrogen-bond donors (Lipinski definition) is 0. The van der Waals surface area contributed by atoms with Crippen LogP contribution in [0.5, 0.6) is 0 Å². The number of aromatic nitrogens is 3. The molecule has 4 rings (SSSR count). The lowest BCUT2D eigenvalue weighted by Gasteiger charge is -2.26. The van der Waals surface area contributed by atoms with E-state index in [1.807, 2.05) is 24.5 Å². The van der Waals surface area contributed by atoms with E-state index in [9.17, 15) is 4.39 Å². The van der Waals surface area contributed by atoms with E-state index in [0.717, 1.165) is 63.5 Å². The van der Waals surface area contributed by atoms with Crippen molar-refractivity contribution in [2.24, 2.45) is 0 Å². The lowest BCUT2D eigenvalue weighted by Crippen LogP contribution is -2.36. The van der Waals surface area contributed by atoms with Crippen molar-refractivity contribution < 1.29 is 9.13 Å². The first-order valence-corrected chi connectivity index (χ1v) is 9.83. The first-order valence-electron chi connectivity index (χ1n) is 9.83. The molecule has 6 heteroatoms. The Morgan fingerprint density at radius 1 is 0.964 bits per heavy atom. The molecule has 1 aliphatic rings. The fourth-order valence-electron chi connectivity index (χ4n) is 3.66. The zero-order valence-electron chi connectivity index (χ0n) is 15.9. The van der Waals surface area contributed by atoms with Crippen LogP contribution in [-0.4, -0.2) is 52.3 Å². The van der Waals surface area contributed by atoms with Gasteiger partial charge in [0.05, 0.1) is 30.9 Å². The summed E-state index contributed by atoms with van der Waals surface area (Å²) in [5.41, 5.74) is 3.15. The van der Waals surface area contributed by atoms with Crippen LogP contribution in [0.4, 0.5) is 4.39 Å². The maximum atomic E-state index is 14.4. The van der Waals surface area contributed by atoms with E-state index in [1.54, 1.807) is 24.5 Å². The molecular formula is C22H25FN4O. The van der Waals surface area contributed by atoms with Gasteiger partial charge in [-0.15, -0.1) is 0 Å². The van der Waals surface area contributed by atoms with Crippen molar-refractivity contribution in [1.29, 1.82) is 0 Å². The normalized spacial score (nSPS) is 15.0. The van der Waals surface area contributed by atoms with Gasteiger partial charge in [0.1, 0.15) is 5.82 Å². The van der Waals surface area contributed by atoms with Gasteiger partial charge in [0.25, 0.3) is 0 Å². The molecule has 0 unspecified atom stereocenters. The monoisotopic (exact) mass is 380 g/mol. The maximum Gasteiger partial charge on any atom is 0.132 e. The Labute approximate surface area is 164 Å². The van der Waals surface area contributed by atoms with Gasteiger partial charge in [0.15, 0.2) is 0 Å². The van der Waals surface area contributed by atoms with Crippen LogP contribution < -0.4 is 0 Å². The van der Waals surface area contributed by atoms with Crippen molar-refractivity contribution in [3.63, 3.8) is 0 Å². The summed E-state index contributed by atoms with van der Waals surface area (Å²) >= 11 is 0. The second-order valence-electron chi connectivity index (χ2n) is 7.01. The van der Waals surface area contributed by atoms with E-state index < -0.39 is 0 Å². The third-order valence-corrected chi connectivity index (χ3v) is 5.15. The molecule has 28 heavy (non-hydrogen) atoms. The number of morpholine rings is 1. The molecule has 0 saturated carbocycles. The third kappa shape index (κ3) is 4.29. The van der Waals surface area contributed by atoms with Crippen LogP contribution in [0.1, 0.15) is 12.8 Å². The number of pyridine rings is 1. The largest absolute Gasteiger partial charge is 0.379 e. The minimum Gasteiger partial charge on any atom is -0.379 e. The van der Waals surface area contributed by atoms with Gasteiger partial charge in [-0.3, -0.25) is 9.88 Å². The highest BCUT2D eigenvalue weighted by molar-refractivity contribution is 5.78. The molecule has 0 spiro atoms. The van der Waals surface area contributed by atoms with E-state index in [0.29, 0.717) is 11.3 Å². The summed E-state index contributed by atoms with van der Waals surface area (Å²) < 4.78 is 22.0. The Morgan fingerprint density at radius 2 is 1.71 bits per heavy atom. The molecule has 0 atom stereocenters. The number of aryl methyl sites for hydroxylation is 1. The number of imidazole rings is 1. The molecule has 1 aromatic carbocycles. The van der Waals surface area contributed by atoms with E-state index >= 15 is 0 Å². The number of nitrogens with zero attached hydrogens (tertiary/aromatic N) is 4. The second kappa shape index (κ2) is 9.08. The van der Waals surface area contributed by atoms with Crippen LogP contribution in [-0.2, 0) is 11.3 Å². The average Bonchev–Trinajstić information content (AvgIpc) is 3.16. The van der Waals surface area contributed by atoms with Gasteiger partial charge in [-0.25, -0.2) is 9.37 Å². The fourth-order valence-corrected chi connectivity index (χ4v) is 3.66. The Morgan fingerprint density at radius 3 is 2.50 bits per heavy atom. The van der Waals surface area contributed by atoms with Crippen molar-refractivity contribution in [2.75, 3.05) is 32.8 Å². The molecule has 0 N–H and O–H groups in total. The summed E-state index contributed by atoms with van der Waals surface area (Å²) in [4.78, 5) is 11.1. The number of halogens is 1. The molecule has 0 aliphatic carbocycles. The van der Waals surface area contributed by atoms with Crippen LogP contribution >= 0.6 is 0 Å². The summed E-state index contributed by atoms with van der Waals surface area (Å²) in [6.45, 7) is 5.64. The van der Waals surface area contributed by atoms with Crippen molar-refractivity contribution in [3.8, 4) is 22.5 Å². The smallest absolute Gasteiger partial charge is 0.132 e. The zero-order chi connectivity index (χ0) is 19.2. The minimum absolute atomic E-state index is 0.254. The van der Waals surface area contributed by atoms with Gasteiger partial charge in [-0.05, 0) is 43.7 Å². The molecule has 3 aromatic rings.